The number of hydrogen-bond donors (Lipinski definition) is 1. The van der Waals surface area contributed by atoms with Crippen molar-refractivity contribution in [2.24, 2.45) is 5.73 Å². The molecule has 0 bridgehead atoms. The molecule has 1 heterocycles. The van der Waals surface area contributed by atoms with Gasteiger partial charge in [-0.1, -0.05) is 30.0 Å². The predicted octanol–water partition coefficient (Wildman–Crippen LogP) is 1.60. The monoisotopic (exact) mass is 233 g/mol. The molecule has 5 heteroatoms. The standard InChI is InChI=1S/C11H11N3OS/c1-7(10(12)15)16-11-8-4-2-3-5-9(8)13-6-14-11/h2-7H,1H3,(H2,12,15)/t7-/m1/s1. The molecule has 2 rings (SSSR count). The lowest BCUT2D eigenvalue weighted by molar-refractivity contribution is -0.117. The number of nitrogens with zero attached hydrogens (tertiary/aromatic N) is 2. The normalized spacial score (nSPS) is 12.6. The summed E-state index contributed by atoms with van der Waals surface area (Å²) in [6, 6.07) is 7.69. The summed E-state index contributed by atoms with van der Waals surface area (Å²) in [5.74, 6) is -0.340. The Labute approximate surface area is 97.3 Å². The highest BCUT2D eigenvalue weighted by atomic mass is 32.2. The van der Waals surface area contributed by atoms with E-state index in [1.807, 2.05) is 24.3 Å². The Balaban J connectivity index is 2.41. The second-order valence-corrected chi connectivity index (χ2v) is 4.69. The van der Waals surface area contributed by atoms with Gasteiger partial charge in [0.05, 0.1) is 10.8 Å². The van der Waals surface area contributed by atoms with Gasteiger partial charge in [0.1, 0.15) is 11.4 Å². The third-order valence-corrected chi connectivity index (χ3v) is 3.33. The van der Waals surface area contributed by atoms with E-state index >= 15 is 0 Å². The summed E-state index contributed by atoms with van der Waals surface area (Å²) in [6.45, 7) is 1.77. The van der Waals surface area contributed by atoms with E-state index in [1.165, 1.54) is 18.1 Å². The molecular formula is C11H11N3OS. The van der Waals surface area contributed by atoms with Crippen LogP contribution in [-0.2, 0) is 4.79 Å². The minimum Gasteiger partial charge on any atom is -0.369 e. The van der Waals surface area contributed by atoms with Crippen LogP contribution >= 0.6 is 11.8 Å². The summed E-state index contributed by atoms with van der Waals surface area (Å²) in [5.41, 5.74) is 6.10. The Morgan fingerprint density at radius 1 is 1.38 bits per heavy atom. The van der Waals surface area contributed by atoms with Crippen LogP contribution in [0.5, 0.6) is 0 Å². The fourth-order valence-corrected chi connectivity index (χ4v) is 2.16. The van der Waals surface area contributed by atoms with Crippen LogP contribution in [0.3, 0.4) is 0 Å². The van der Waals surface area contributed by atoms with Crippen LogP contribution in [0.15, 0.2) is 35.6 Å². The first-order valence-corrected chi connectivity index (χ1v) is 5.72. The van der Waals surface area contributed by atoms with Crippen molar-refractivity contribution < 1.29 is 4.79 Å². The van der Waals surface area contributed by atoms with Crippen LogP contribution in [-0.4, -0.2) is 21.1 Å². The Hall–Kier alpha value is -1.62. The molecule has 0 saturated heterocycles. The van der Waals surface area contributed by atoms with Gasteiger partial charge in [-0.2, -0.15) is 0 Å². The molecule has 0 radical (unpaired) electrons. The molecule has 4 nitrogen and oxygen atoms in total. The van der Waals surface area contributed by atoms with E-state index in [2.05, 4.69) is 9.97 Å². The molecule has 1 aromatic carbocycles. The largest absolute Gasteiger partial charge is 0.369 e. The van der Waals surface area contributed by atoms with Crippen molar-refractivity contribution in [3.8, 4) is 0 Å². The van der Waals surface area contributed by atoms with Gasteiger partial charge in [0, 0.05) is 5.39 Å². The van der Waals surface area contributed by atoms with E-state index in [-0.39, 0.29) is 11.2 Å². The number of benzene rings is 1. The molecule has 1 amide bonds. The number of rotatable bonds is 3. The zero-order chi connectivity index (χ0) is 11.5. The highest BCUT2D eigenvalue weighted by Gasteiger charge is 2.13. The number of thioether (sulfide) groups is 1. The maximum absolute atomic E-state index is 11.0. The summed E-state index contributed by atoms with van der Waals surface area (Å²) < 4.78 is 0. The lowest BCUT2D eigenvalue weighted by Gasteiger charge is -2.07. The summed E-state index contributed by atoms with van der Waals surface area (Å²) in [4.78, 5) is 19.3. The van der Waals surface area contributed by atoms with Gasteiger partial charge in [0.2, 0.25) is 5.91 Å². The molecule has 2 N–H and O–H groups in total. The first-order valence-electron chi connectivity index (χ1n) is 4.84. The lowest BCUT2D eigenvalue weighted by atomic mass is 10.2. The second kappa shape index (κ2) is 4.49. The van der Waals surface area contributed by atoms with E-state index in [0.29, 0.717) is 0 Å². The van der Waals surface area contributed by atoms with E-state index in [9.17, 15) is 4.79 Å². The van der Waals surface area contributed by atoms with E-state index in [4.69, 9.17) is 5.73 Å². The lowest BCUT2D eigenvalue weighted by Crippen LogP contribution is -2.22. The molecule has 0 fully saturated rings. The number of nitrogens with two attached hydrogens (primary N) is 1. The molecule has 0 aliphatic heterocycles. The van der Waals surface area contributed by atoms with Crippen molar-refractivity contribution in [2.45, 2.75) is 17.2 Å². The quantitative estimate of drug-likeness (QED) is 0.645. The van der Waals surface area contributed by atoms with Crippen molar-refractivity contribution in [1.29, 1.82) is 0 Å². The van der Waals surface area contributed by atoms with Crippen molar-refractivity contribution in [3.63, 3.8) is 0 Å². The third kappa shape index (κ3) is 2.14. The highest BCUT2D eigenvalue weighted by molar-refractivity contribution is 8.00. The van der Waals surface area contributed by atoms with Gasteiger partial charge in [-0.3, -0.25) is 4.79 Å². The Bertz CT molecular complexity index is 524. The van der Waals surface area contributed by atoms with Gasteiger partial charge < -0.3 is 5.73 Å². The smallest absolute Gasteiger partial charge is 0.230 e. The summed E-state index contributed by atoms with van der Waals surface area (Å²) in [7, 11) is 0. The Morgan fingerprint density at radius 2 is 2.12 bits per heavy atom. The Morgan fingerprint density at radius 3 is 2.88 bits per heavy atom. The third-order valence-electron chi connectivity index (χ3n) is 2.20. The SMILES string of the molecule is C[C@@H](Sc1ncnc2ccccc12)C(N)=O. The van der Waals surface area contributed by atoms with Crippen molar-refractivity contribution in [2.75, 3.05) is 0 Å². The van der Waals surface area contributed by atoms with Crippen molar-refractivity contribution >= 4 is 28.6 Å². The van der Waals surface area contributed by atoms with Crippen LogP contribution in [0.25, 0.3) is 10.9 Å². The first kappa shape index (κ1) is 10.9. The molecule has 2 aromatic rings. The van der Waals surface area contributed by atoms with E-state index < -0.39 is 0 Å². The van der Waals surface area contributed by atoms with Gasteiger partial charge in [0.15, 0.2) is 0 Å². The molecular weight excluding hydrogens is 222 g/mol. The number of carbonyl (C=O) groups is 1. The molecule has 16 heavy (non-hydrogen) atoms. The fourth-order valence-electron chi connectivity index (χ4n) is 1.30. The molecule has 82 valence electrons. The maximum Gasteiger partial charge on any atom is 0.230 e. The fraction of sp³-hybridized carbons (Fsp3) is 0.182. The highest BCUT2D eigenvalue weighted by Crippen LogP contribution is 2.27. The summed E-state index contributed by atoms with van der Waals surface area (Å²) in [5, 5.41) is 1.44. The average molecular weight is 233 g/mol. The Kier molecular flexibility index (Phi) is 3.05. The van der Waals surface area contributed by atoms with Gasteiger partial charge in [0.25, 0.3) is 0 Å². The van der Waals surface area contributed by atoms with Crippen LogP contribution < -0.4 is 5.73 Å². The second-order valence-electron chi connectivity index (χ2n) is 3.36. The molecule has 0 spiro atoms. The van der Waals surface area contributed by atoms with Crippen molar-refractivity contribution in [1.82, 2.24) is 9.97 Å². The van der Waals surface area contributed by atoms with Gasteiger partial charge in [-0.25, -0.2) is 9.97 Å². The number of primary amides is 1. The van der Waals surface area contributed by atoms with Crippen molar-refractivity contribution in [3.05, 3.63) is 30.6 Å². The predicted molar refractivity (Wildman–Crippen MR) is 64.1 cm³/mol. The summed E-state index contributed by atoms with van der Waals surface area (Å²) >= 11 is 1.36. The molecule has 0 saturated carbocycles. The topological polar surface area (TPSA) is 68.9 Å². The molecule has 1 aromatic heterocycles. The van der Waals surface area contributed by atoms with E-state index in [0.717, 1.165) is 15.9 Å². The number of carbonyl (C=O) groups excluding carboxylic acids is 1. The van der Waals surface area contributed by atoms with Gasteiger partial charge >= 0.3 is 0 Å². The molecule has 0 unspecified atom stereocenters. The molecule has 1 atom stereocenters. The molecule has 0 aliphatic rings. The number of fused-ring (bicyclic) bond motifs is 1. The van der Waals surface area contributed by atoms with Crippen LogP contribution in [0.1, 0.15) is 6.92 Å². The molecule has 0 aliphatic carbocycles. The van der Waals surface area contributed by atoms with E-state index in [1.54, 1.807) is 6.92 Å². The average Bonchev–Trinajstić information content (AvgIpc) is 2.29. The maximum atomic E-state index is 11.0. The first-order chi connectivity index (χ1) is 7.68. The van der Waals surface area contributed by atoms with Gasteiger partial charge in [-0.05, 0) is 13.0 Å². The number of aromatic nitrogens is 2. The zero-order valence-corrected chi connectivity index (χ0v) is 9.57. The van der Waals surface area contributed by atoms with Gasteiger partial charge in [-0.15, -0.1) is 0 Å². The minimum atomic E-state index is -0.340. The number of hydrogen-bond acceptors (Lipinski definition) is 4. The number of para-hydroxylation sites is 1. The minimum absolute atomic E-state index is 0.293. The zero-order valence-electron chi connectivity index (χ0n) is 8.75. The van der Waals surface area contributed by atoms with Crippen LogP contribution in [0.4, 0.5) is 0 Å². The van der Waals surface area contributed by atoms with Crippen LogP contribution in [0.2, 0.25) is 0 Å². The summed E-state index contributed by atoms with van der Waals surface area (Å²) in [6.07, 6.45) is 1.50. The number of amides is 1. The van der Waals surface area contributed by atoms with Crippen LogP contribution in [0, 0.1) is 0 Å².